The van der Waals surface area contributed by atoms with Gasteiger partial charge in [-0.2, -0.15) is 0 Å². The molecule has 0 bridgehead atoms. The Kier molecular flexibility index (Phi) is 6.63. The Bertz CT molecular complexity index is 987. The lowest BCUT2D eigenvalue weighted by molar-refractivity contribution is -0.138. The first-order valence-electron chi connectivity index (χ1n) is 11.6. The first-order chi connectivity index (χ1) is 15.5. The fraction of sp³-hybridized carbons (Fsp3) is 0.407. The lowest BCUT2D eigenvalue weighted by Crippen LogP contribution is -2.41. The zero-order valence-electron chi connectivity index (χ0n) is 19.2. The SMILES string of the molecule is CCCOc1ccc(C2=C(N3CC(C)CC(C)C3)C(=O)N(Cc3ccccc3)C2=O)cc1. The lowest BCUT2D eigenvalue weighted by Gasteiger charge is -2.37. The van der Waals surface area contributed by atoms with Gasteiger partial charge in [0.05, 0.1) is 18.7 Å². The summed E-state index contributed by atoms with van der Waals surface area (Å²) in [7, 11) is 0. The number of likely N-dealkylation sites (tertiary alicyclic amines) is 1. The molecule has 5 nitrogen and oxygen atoms in total. The van der Waals surface area contributed by atoms with Gasteiger partial charge in [0.25, 0.3) is 11.8 Å². The van der Waals surface area contributed by atoms with Crippen LogP contribution in [0.25, 0.3) is 5.57 Å². The van der Waals surface area contributed by atoms with Crippen molar-refractivity contribution in [2.45, 2.75) is 40.2 Å². The van der Waals surface area contributed by atoms with Gasteiger partial charge in [-0.3, -0.25) is 14.5 Å². The summed E-state index contributed by atoms with van der Waals surface area (Å²) in [5.74, 6) is 1.31. The molecule has 2 atom stereocenters. The highest BCUT2D eigenvalue weighted by Gasteiger charge is 2.42. The molecule has 2 heterocycles. The number of nitrogens with zero attached hydrogens (tertiary/aromatic N) is 2. The highest BCUT2D eigenvalue weighted by Crippen LogP contribution is 2.36. The zero-order chi connectivity index (χ0) is 22.7. The van der Waals surface area contributed by atoms with Gasteiger partial charge in [0.2, 0.25) is 0 Å². The van der Waals surface area contributed by atoms with Gasteiger partial charge in [0.1, 0.15) is 11.4 Å². The Morgan fingerprint density at radius 2 is 1.56 bits per heavy atom. The number of amides is 2. The molecule has 2 aromatic carbocycles. The van der Waals surface area contributed by atoms with Gasteiger partial charge in [-0.1, -0.05) is 63.2 Å². The normalized spacial score (nSPS) is 21.5. The average molecular weight is 433 g/mol. The molecule has 2 aromatic rings. The van der Waals surface area contributed by atoms with Crippen molar-refractivity contribution in [3.8, 4) is 5.75 Å². The molecule has 1 fully saturated rings. The van der Waals surface area contributed by atoms with Crippen LogP contribution >= 0.6 is 0 Å². The first-order valence-corrected chi connectivity index (χ1v) is 11.6. The van der Waals surface area contributed by atoms with Crippen molar-refractivity contribution >= 4 is 17.4 Å². The Labute approximate surface area is 190 Å². The third-order valence-corrected chi connectivity index (χ3v) is 6.13. The molecule has 4 rings (SSSR count). The predicted molar refractivity (Wildman–Crippen MR) is 126 cm³/mol. The number of benzene rings is 2. The van der Waals surface area contributed by atoms with Crippen LogP contribution in [0.2, 0.25) is 0 Å². The summed E-state index contributed by atoms with van der Waals surface area (Å²) >= 11 is 0. The van der Waals surface area contributed by atoms with Gasteiger partial charge in [0, 0.05) is 13.1 Å². The number of rotatable bonds is 7. The highest BCUT2D eigenvalue weighted by molar-refractivity contribution is 6.35. The molecule has 0 aromatic heterocycles. The van der Waals surface area contributed by atoms with Gasteiger partial charge in [-0.15, -0.1) is 0 Å². The number of hydrogen-bond acceptors (Lipinski definition) is 4. The quantitative estimate of drug-likeness (QED) is 0.594. The second kappa shape index (κ2) is 9.60. The highest BCUT2D eigenvalue weighted by atomic mass is 16.5. The molecule has 5 heteroatoms. The van der Waals surface area contributed by atoms with E-state index in [1.54, 1.807) is 0 Å². The molecule has 2 unspecified atom stereocenters. The van der Waals surface area contributed by atoms with E-state index in [4.69, 9.17) is 4.74 Å². The Morgan fingerprint density at radius 1 is 0.906 bits per heavy atom. The molecule has 0 saturated carbocycles. The van der Waals surface area contributed by atoms with Gasteiger partial charge in [-0.05, 0) is 47.9 Å². The Morgan fingerprint density at radius 3 is 2.19 bits per heavy atom. The molecule has 32 heavy (non-hydrogen) atoms. The molecular weight excluding hydrogens is 400 g/mol. The van der Waals surface area contributed by atoms with Crippen LogP contribution in [-0.4, -0.2) is 41.3 Å². The van der Waals surface area contributed by atoms with Crippen molar-refractivity contribution in [1.82, 2.24) is 9.80 Å². The molecule has 0 N–H and O–H groups in total. The molecule has 168 valence electrons. The van der Waals surface area contributed by atoms with Crippen molar-refractivity contribution in [3.05, 3.63) is 71.4 Å². The summed E-state index contributed by atoms with van der Waals surface area (Å²) in [5, 5.41) is 0. The lowest BCUT2D eigenvalue weighted by atomic mass is 9.91. The van der Waals surface area contributed by atoms with Crippen molar-refractivity contribution in [3.63, 3.8) is 0 Å². The molecule has 0 radical (unpaired) electrons. The fourth-order valence-electron chi connectivity index (χ4n) is 4.81. The van der Waals surface area contributed by atoms with E-state index in [9.17, 15) is 9.59 Å². The third-order valence-electron chi connectivity index (χ3n) is 6.13. The van der Waals surface area contributed by atoms with Crippen LogP contribution in [0.4, 0.5) is 0 Å². The average Bonchev–Trinajstić information content (AvgIpc) is 3.03. The molecular formula is C27H32N2O3. The standard InChI is InChI=1S/C27H32N2O3/c1-4-14-32-23-12-10-22(11-13-23)24-25(28-16-19(2)15-20(3)17-28)27(31)29(26(24)30)18-21-8-6-5-7-9-21/h5-13,19-20H,4,14-18H2,1-3H3. The van der Waals surface area contributed by atoms with E-state index in [1.807, 2.05) is 54.6 Å². The van der Waals surface area contributed by atoms with Crippen LogP contribution in [0.5, 0.6) is 5.75 Å². The van der Waals surface area contributed by atoms with E-state index in [1.165, 1.54) is 4.90 Å². The summed E-state index contributed by atoms with van der Waals surface area (Å²) in [6.45, 7) is 9.01. The number of piperidine rings is 1. The van der Waals surface area contributed by atoms with Gasteiger partial charge in [0.15, 0.2) is 0 Å². The van der Waals surface area contributed by atoms with Crippen molar-refractivity contribution in [2.24, 2.45) is 11.8 Å². The third kappa shape index (κ3) is 4.57. The van der Waals surface area contributed by atoms with Gasteiger partial charge < -0.3 is 9.64 Å². The van der Waals surface area contributed by atoms with Crippen LogP contribution < -0.4 is 4.74 Å². The molecule has 2 aliphatic heterocycles. The number of hydrogen-bond donors (Lipinski definition) is 0. The molecule has 1 saturated heterocycles. The second-order valence-electron chi connectivity index (χ2n) is 9.13. The van der Waals surface area contributed by atoms with Crippen LogP contribution in [0.1, 0.15) is 44.7 Å². The second-order valence-corrected chi connectivity index (χ2v) is 9.13. The zero-order valence-corrected chi connectivity index (χ0v) is 19.2. The first kappa shape index (κ1) is 22.1. The van der Waals surface area contributed by atoms with Crippen molar-refractivity contribution in [1.29, 1.82) is 0 Å². The summed E-state index contributed by atoms with van der Waals surface area (Å²) in [6.07, 6.45) is 2.07. The minimum Gasteiger partial charge on any atom is -0.494 e. The smallest absolute Gasteiger partial charge is 0.278 e. The molecule has 2 amide bonds. The van der Waals surface area contributed by atoms with E-state index in [0.29, 0.717) is 29.7 Å². The maximum atomic E-state index is 13.6. The summed E-state index contributed by atoms with van der Waals surface area (Å²) in [5.41, 5.74) is 2.77. The van der Waals surface area contributed by atoms with E-state index >= 15 is 0 Å². The van der Waals surface area contributed by atoms with Crippen LogP contribution in [0.3, 0.4) is 0 Å². The van der Waals surface area contributed by atoms with Crippen LogP contribution in [0, 0.1) is 11.8 Å². The van der Waals surface area contributed by atoms with Gasteiger partial charge >= 0.3 is 0 Å². The monoisotopic (exact) mass is 432 g/mol. The van der Waals surface area contributed by atoms with E-state index in [0.717, 1.165) is 42.8 Å². The number of carbonyl (C=O) groups is 2. The number of imide groups is 1. The fourth-order valence-corrected chi connectivity index (χ4v) is 4.81. The maximum Gasteiger partial charge on any atom is 0.278 e. The largest absolute Gasteiger partial charge is 0.494 e. The molecule has 0 spiro atoms. The summed E-state index contributed by atoms with van der Waals surface area (Å²) < 4.78 is 5.70. The Balaban J connectivity index is 1.70. The topological polar surface area (TPSA) is 49.9 Å². The van der Waals surface area contributed by atoms with Crippen molar-refractivity contribution < 1.29 is 14.3 Å². The summed E-state index contributed by atoms with van der Waals surface area (Å²) in [4.78, 5) is 30.7. The molecule has 2 aliphatic rings. The van der Waals surface area contributed by atoms with E-state index in [2.05, 4.69) is 25.7 Å². The predicted octanol–water partition coefficient (Wildman–Crippen LogP) is 4.73. The van der Waals surface area contributed by atoms with Crippen molar-refractivity contribution in [2.75, 3.05) is 19.7 Å². The minimum absolute atomic E-state index is 0.193. The summed E-state index contributed by atoms with van der Waals surface area (Å²) in [6, 6.07) is 17.3. The van der Waals surface area contributed by atoms with E-state index < -0.39 is 0 Å². The van der Waals surface area contributed by atoms with Gasteiger partial charge in [-0.25, -0.2) is 0 Å². The number of ether oxygens (including phenoxy) is 1. The van der Waals surface area contributed by atoms with E-state index in [-0.39, 0.29) is 18.4 Å². The minimum atomic E-state index is -0.220. The van der Waals surface area contributed by atoms with Crippen LogP contribution in [-0.2, 0) is 16.1 Å². The Hall–Kier alpha value is -3.08. The number of carbonyl (C=O) groups excluding carboxylic acids is 2. The van der Waals surface area contributed by atoms with Crippen LogP contribution in [0.15, 0.2) is 60.3 Å². The maximum absolute atomic E-state index is 13.6. The molecule has 0 aliphatic carbocycles.